The van der Waals surface area contributed by atoms with Crippen molar-refractivity contribution in [3.05, 3.63) is 99.2 Å². The first-order valence-corrected chi connectivity index (χ1v) is 10.5. The Kier molecular flexibility index (Phi) is 5.51. The van der Waals surface area contributed by atoms with Crippen molar-refractivity contribution in [3.63, 3.8) is 0 Å². The lowest BCUT2D eigenvalue weighted by molar-refractivity contribution is -0.124. The van der Waals surface area contributed by atoms with Crippen LogP contribution in [0.3, 0.4) is 0 Å². The van der Waals surface area contributed by atoms with Crippen molar-refractivity contribution in [2.24, 2.45) is 5.92 Å². The van der Waals surface area contributed by atoms with Crippen LogP contribution < -0.4 is 5.32 Å². The predicted octanol–water partition coefficient (Wildman–Crippen LogP) is 5.51. The predicted molar refractivity (Wildman–Crippen MR) is 115 cm³/mol. The number of carbonyl (C=O) groups is 1. The second-order valence-corrected chi connectivity index (χ2v) is 8.56. The van der Waals surface area contributed by atoms with Gasteiger partial charge in [-0.3, -0.25) is 9.78 Å². The zero-order valence-corrected chi connectivity index (χ0v) is 17.6. The largest absolute Gasteiger partial charge is 0.340 e. The Morgan fingerprint density at radius 3 is 2.54 bits per heavy atom. The van der Waals surface area contributed by atoms with Gasteiger partial charge >= 0.3 is 0 Å². The SMILES string of the molecule is O=C(NC(Cc1ccccc1)(c1cccc(Br)c1)c1ccc(Cl)cn1)C1CC1. The average molecular weight is 456 g/mol. The Morgan fingerprint density at radius 1 is 1.11 bits per heavy atom. The molecule has 28 heavy (non-hydrogen) atoms. The molecule has 1 aliphatic carbocycles. The lowest BCUT2D eigenvalue weighted by Crippen LogP contribution is -2.49. The molecule has 0 bridgehead atoms. The number of halogens is 2. The number of rotatable bonds is 6. The van der Waals surface area contributed by atoms with Gasteiger partial charge in [-0.05, 0) is 48.2 Å². The highest BCUT2D eigenvalue weighted by atomic mass is 79.9. The van der Waals surface area contributed by atoms with Crippen LogP contribution in [0.25, 0.3) is 0 Å². The Bertz CT molecular complexity index is 973. The standard InChI is InChI=1S/C23H20BrClN2O/c24-19-8-4-7-18(13-19)23(27-22(28)17-9-10-17,14-16-5-2-1-3-6-16)21-12-11-20(25)15-26-21/h1-8,11-13,15,17H,9-10,14H2,(H,27,28). The fourth-order valence-electron chi connectivity index (χ4n) is 3.46. The molecule has 1 atom stereocenters. The highest BCUT2D eigenvalue weighted by Crippen LogP contribution is 2.37. The van der Waals surface area contributed by atoms with Gasteiger partial charge in [-0.1, -0.05) is 70.0 Å². The van der Waals surface area contributed by atoms with E-state index in [0.29, 0.717) is 11.4 Å². The van der Waals surface area contributed by atoms with Gasteiger partial charge in [0, 0.05) is 23.0 Å². The number of hydrogen-bond donors (Lipinski definition) is 1. The van der Waals surface area contributed by atoms with E-state index >= 15 is 0 Å². The van der Waals surface area contributed by atoms with Crippen LogP contribution in [0, 0.1) is 5.92 Å². The molecule has 3 aromatic rings. The molecule has 1 N–H and O–H groups in total. The maximum atomic E-state index is 12.9. The van der Waals surface area contributed by atoms with Gasteiger partial charge in [0.1, 0.15) is 5.54 Å². The van der Waals surface area contributed by atoms with E-state index in [2.05, 4.69) is 38.4 Å². The summed E-state index contributed by atoms with van der Waals surface area (Å²) >= 11 is 9.68. The second-order valence-electron chi connectivity index (χ2n) is 7.20. The van der Waals surface area contributed by atoms with Gasteiger partial charge in [-0.25, -0.2) is 0 Å². The molecular formula is C23H20BrClN2O. The van der Waals surface area contributed by atoms with E-state index in [1.165, 1.54) is 0 Å². The molecule has 2 aromatic carbocycles. The third kappa shape index (κ3) is 4.13. The number of benzene rings is 2. The number of pyridine rings is 1. The molecular weight excluding hydrogens is 436 g/mol. The number of carbonyl (C=O) groups excluding carboxylic acids is 1. The molecule has 0 aliphatic heterocycles. The summed E-state index contributed by atoms with van der Waals surface area (Å²) in [4.78, 5) is 17.6. The highest BCUT2D eigenvalue weighted by Gasteiger charge is 2.41. The first-order chi connectivity index (χ1) is 13.6. The number of nitrogens with zero attached hydrogens (tertiary/aromatic N) is 1. The van der Waals surface area contributed by atoms with Gasteiger partial charge in [0.2, 0.25) is 5.91 Å². The lowest BCUT2D eigenvalue weighted by Gasteiger charge is -2.35. The van der Waals surface area contributed by atoms with Gasteiger partial charge in [0.25, 0.3) is 0 Å². The third-order valence-corrected chi connectivity index (χ3v) is 5.80. The minimum absolute atomic E-state index is 0.0765. The van der Waals surface area contributed by atoms with Crippen LogP contribution in [-0.4, -0.2) is 10.9 Å². The molecule has 0 radical (unpaired) electrons. The third-order valence-electron chi connectivity index (χ3n) is 5.08. The van der Waals surface area contributed by atoms with Crippen molar-refractivity contribution in [1.29, 1.82) is 0 Å². The van der Waals surface area contributed by atoms with Gasteiger partial charge in [0.15, 0.2) is 0 Å². The molecule has 4 rings (SSSR count). The number of nitrogens with one attached hydrogen (secondary N) is 1. The number of amides is 1. The fourth-order valence-corrected chi connectivity index (χ4v) is 3.97. The summed E-state index contributed by atoms with van der Waals surface area (Å²) in [6, 6.07) is 21.9. The summed E-state index contributed by atoms with van der Waals surface area (Å²) in [6.45, 7) is 0. The van der Waals surface area contributed by atoms with E-state index in [-0.39, 0.29) is 11.8 Å². The normalized spacial score (nSPS) is 15.6. The van der Waals surface area contributed by atoms with Crippen molar-refractivity contribution < 1.29 is 4.79 Å². The van der Waals surface area contributed by atoms with Crippen LogP contribution in [0.5, 0.6) is 0 Å². The Morgan fingerprint density at radius 2 is 1.89 bits per heavy atom. The number of hydrogen-bond acceptors (Lipinski definition) is 2. The highest BCUT2D eigenvalue weighted by molar-refractivity contribution is 9.10. The molecule has 1 fully saturated rings. The zero-order valence-electron chi connectivity index (χ0n) is 15.2. The summed E-state index contributed by atoms with van der Waals surface area (Å²) < 4.78 is 0.956. The molecule has 1 aliphatic rings. The van der Waals surface area contributed by atoms with E-state index in [0.717, 1.165) is 34.1 Å². The Labute approximate surface area is 178 Å². The van der Waals surface area contributed by atoms with Crippen LogP contribution >= 0.6 is 27.5 Å². The molecule has 1 aromatic heterocycles. The molecule has 1 unspecified atom stereocenters. The average Bonchev–Trinajstić information content (AvgIpc) is 3.54. The van der Waals surface area contributed by atoms with Crippen LogP contribution in [0.4, 0.5) is 0 Å². The van der Waals surface area contributed by atoms with Crippen molar-refractivity contribution in [1.82, 2.24) is 10.3 Å². The lowest BCUT2D eigenvalue weighted by atomic mass is 9.80. The fraction of sp³-hybridized carbons (Fsp3) is 0.217. The van der Waals surface area contributed by atoms with E-state index in [4.69, 9.17) is 11.6 Å². The maximum Gasteiger partial charge on any atom is 0.224 e. The molecule has 142 valence electrons. The van der Waals surface area contributed by atoms with E-state index < -0.39 is 5.54 Å². The van der Waals surface area contributed by atoms with Crippen LogP contribution in [-0.2, 0) is 16.8 Å². The summed E-state index contributed by atoms with van der Waals surface area (Å²) in [7, 11) is 0. The van der Waals surface area contributed by atoms with Gasteiger partial charge in [0.05, 0.1) is 10.7 Å². The molecule has 1 saturated carbocycles. The van der Waals surface area contributed by atoms with Gasteiger partial charge in [-0.2, -0.15) is 0 Å². The van der Waals surface area contributed by atoms with E-state index in [1.807, 2.05) is 54.6 Å². The minimum atomic E-state index is -0.782. The summed E-state index contributed by atoms with van der Waals surface area (Å²) in [6.07, 6.45) is 4.12. The van der Waals surface area contributed by atoms with Crippen LogP contribution in [0.1, 0.15) is 29.7 Å². The van der Waals surface area contributed by atoms with Crippen molar-refractivity contribution >= 4 is 33.4 Å². The van der Waals surface area contributed by atoms with Crippen molar-refractivity contribution in [2.45, 2.75) is 24.8 Å². The Balaban J connectivity index is 1.88. The van der Waals surface area contributed by atoms with E-state index in [1.54, 1.807) is 6.20 Å². The molecule has 1 heterocycles. The second kappa shape index (κ2) is 8.06. The quantitative estimate of drug-likeness (QED) is 0.532. The monoisotopic (exact) mass is 454 g/mol. The van der Waals surface area contributed by atoms with Gasteiger partial charge in [-0.15, -0.1) is 0 Å². The smallest absolute Gasteiger partial charge is 0.224 e. The molecule has 0 saturated heterocycles. The molecule has 5 heteroatoms. The maximum absolute atomic E-state index is 12.9. The topological polar surface area (TPSA) is 42.0 Å². The number of aromatic nitrogens is 1. The zero-order chi connectivity index (χ0) is 19.6. The first kappa shape index (κ1) is 19.2. The first-order valence-electron chi connectivity index (χ1n) is 9.31. The summed E-state index contributed by atoms with van der Waals surface area (Å²) in [5.41, 5.74) is 2.09. The van der Waals surface area contributed by atoms with Crippen LogP contribution in [0.15, 0.2) is 77.4 Å². The molecule has 3 nitrogen and oxygen atoms in total. The summed E-state index contributed by atoms with van der Waals surface area (Å²) in [5.74, 6) is 0.169. The summed E-state index contributed by atoms with van der Waals surface area (Å²) in [5, 5.41) is 3.92. The van der Waals surface area contributed by atoms with E-state index in [9.17, 15) is 4.79 Å². The molecule has 0 spiro atoms. The van der Waals surface area contributed by atoms with Crippen LogP contribution in [0.2, 0.25) is 5.02 Å². The van der Waals surface area contributed by atoms with Crippen molar-refractivity contribution in [2.75, 3.05) is 0 Å². The minimum Gasteiger partial charge on any atom is -0.340 e. The van der Waals surface area contributed by atoms with Gasteiger partial charge < -0.3 is 5.32 Å². The Hall–Kier alpha value is -2.17. The molecule has 1 amide bonds. The van der Waals surface area contributed by atoms with Crippen molar-refractivity contribution in [3.8, 4) is 0 Å².